The van der Waals surface area contributed by atoms with Gasteiger partial charge in [0.2, 0.25) is 15.9 Å². The fourth-order valence-electron chi connectivity index (χ4n) is 3.87. The summed E-state index contributed by atoms with van der Waals surface area (Å²) in [7, 11) is -3.77. The summed E-state index contributed by atoms with van der Waals surface area (Å²) in [6.45, 7) is 0.571. The van der Waals surface area contributed by atoms with Crippen molar-refractivity contribution >= 4 is 50.3 Å². The van der Waals surface area contributed by atoms with Gasteiger partial charge < -0.3 is 9.64 Å². The highest BCUT2D eigenvalue weighted by Gasteiger charge is 2.34. The number of hydrogen-bond acceptors (Lipinski definition) is 8. The van der Waals surface area contributed by atoms with E-state index in [9.17, 15) is 18.0 Å². The summed E-state index contributed by atoms with van der Waals surface area (Å²) in [6.07, 6.45) is 0. The number of piperazine rings is 1. The van der Waals surface area contributed by atoms with Crippen molar-refractivity contribution in [2.75, 3.05) is 44.2 Å². The molecule has 10 nitrogen and oxygen atoms in total. The van der Waals surface area contributed by atoms with Crippen LogP contribution in [0, 0.1) is 0 Å². The second kappa shape index (κ2) is 8.11. The third-order valence-corrected chi connectivity index (χ3v) is 8.03. The molecule has 166 valence electrons. The number of rotatable bonds is 4. The second-order valence-electron chi connectivity index (χ2n) is 7.41. The number of anilines is 1. The Morgan fingerprint density at radius 3 is 2.62 bits per heavy atom. The fraction of sp³-hybridized carbons (Fsp3) is 0.300. The predicted octanol–water partition coefficient (Wildman–Crippen LogP) is 0.950. The predicted molar refractivity (Wildman–Crippen MR) is 117 cm³/mol. The van der Waals surface area contributed by atoms with Gasteiger partial charge in [0.1, 0.15) is 28.2 Å². The van der Waals surface area contributed by atoms with E-state index in [4.69, 9.17) is 4.74 Å². The average molecular weight is 474 g/mol. The molecule has 0 aliphatic carbocycles. The number of aromatic nitrogens is 2. The monoisotopic (exact) mass is 473 g/mol. The maximum atomic E-state index is 13.2. The van der Waals surface area contributed by atoms with Crippen molar-refractivity contribution in [1.29, 1.82) is 0 Å². The lowest BCUT2D eigenvalue weighted by molar-refractivity contribution is -0.133. The van der Waals surface area contributed by atoms with Gasteiger partial charge in [-0.3, -0.25) is 14.5 Å². The molecule has 32 heavy (non-hydrogen) atoms. The maximum absolute atomic E-state index is 13.2. The summed E-state index contributed by atoms with van der Waals surface area (Å²) in [6, 6.07) is 12.0. The molecule has 3 aromatic rings. The van der Waals surface area contributed by atoms with E-state index in [-0.39, 0.29) is 56.0 Å². The molecule has 2 amide bonds. The first-order chi connectivity index (χ1) is 15.4. The normalized spacial score (nSPS) is 17.3. The van der Waals surface area contributed by atoms with Crippen LogP contribution in [0.4, 0.5) is 5.69 Å². The SMILES string of the molecule is O=C(CN1C(=O)COc2ccccc21)N1CCN(S(=O)(=O)c2cccc3nsnc23)CC1. The summed E-state index contributed by atoms with van der Waals surface area (Å²) < 4.78 is 41.3. The zero-order valence-corrected chi connectivity index (χ0v) is 18.5. The van der Waals surface area contributed by atoms with Crippen LogP contribution >= 0.6 is 11.7 Å². The third kappa shape index (κ3) is 3.59. The van der Waals surface area contributed by atoms with Gasteiger partial charge in [-0.05, 0) is 24.3 Å². The number of carbonyl (C=O) groups is 2. The van der Waals surface area contributed by atoms with Crippen molar-refractivity contribution in [3.63, 3.8) is 0 Å². The van der Waals surface area contributed by atoms with Crippen LogP contribution in [0.2, 0.25) is 0 Å². The van der Waals surface area contributed by atoms with Crippen molar-refractivity contribution < 1.29 is 22.7 Å². The number of fused-ring (bicyclic) bond motifs is 2. The van der Waals surface area contributed by atoms with Crippen molar-refractivity contribution in [2.45, 2.75) is 4.90 Å². The zero-order valence-electron chi connectivity index (χ0n) is 16.9. The van der Waals surface area contributed by atoms with Crippen LogP contribution < -0.4 is 9.64 Å². The zero-order chi connectivity index (χ0) is 22.3. The van der Waals surface area contributed by atoms with Gasteiger partial charge in [0.05, 0.1) is 17.4 Å². The molecular formula is C20H19N5O5S2. The van der Waals surface area contributed by atoms with Crippen LogP contribution in [0.15, 0.2) is 47.4 Å². The smallest absolute Gasteiger partial charge is 0.265 e. The van der Waals surface area contributed by atoms with Crippen LogP contribution in [0.5, 0.6) is 5.75 Å². The number of para-hydroxylation sites is 2. The van der Waals surface area contributed by atoms with Gasteiger partial charge in [-0.1, -0.05) is 18.2 Å². The average Bonchev–Trinajstić information content (AvgIpc) is 3.30. The molecule has 1 aromatic heterocycles. The summed E-state index contributed by atoms with van der Waals surface area (Å²) in [5, 5.41) is 0. The molecule has 2 aliphatic heterocycles. The minimum atomic E-state index is -3.77. The first-order valence-electron chi connectivity index (χ1n) is 9.96. The molecule has 0 bridgehead atoms. The van der Waals surface area contributed by atoms with Crippen LogP contribution in [-0.4, -0.2) is 77.5 Å². The first kappa shape index (κ1) is 20.8. The topological polar surface area (TPSA) is 113 Å². The van der Waals surface area contributed by atoms with E-state index in [2.05, 4.69) is 8.75 Å². The van der Waals surface area contributed by atoms with Crippen molar-refractivity contribution in [3.8, 4) is 5.75 Å². The molecule has 5 rings (SSSR count). The van der Waals surface area contributed by atoms with Gasteiger partial charge in [-0.15, -0.1) is 0 Å². The Balaban J connectivity index is 1.27. The minimum Gasteiger partial charge on any atom is -0.482 e. The molecule has 0 radical (unpaired) electrons. The Bertz CT molecular complexity index is 1300. The molecule has 0 N–H and O–H groups in total. The molecule has 2 aliphatic rings. The van der Waals surface area contributed by atoms with Gasteiger partial charge >= 0.3 is 0 Å². The number of carbonyl (C=O) groups excluding carboxylic acids is 2. The van der Waals surface area contributed by atoms with E-state index in [0.717, 1.165) is 11.7 Å². The van der Waals surface area contributed by atoms with E-state index in [0.29, 0.717) is 22.5 Å². The van der Waals surface area contributed by atoms with Gasteiger partial charge in [0.25, 0.3) is 5.91 Å². The number of sulfonamides is 1. The van der Waals surface area contributed by atoms with Crippen molar-refractivity contribution in [2.24, 2.45) is 0 Å². The van der Waals surface area contributed by atoms with Crippen LogP contribution in [0.1, 0.15) is 0 Å². The van der Waals surface area contributed by atoms with Crippen LogP contribution in [0.3, 0.4) is 0 Å². The van der Waals surface area contributed by atoms with Gasteiger partial charge in [-0.25, -0.2) is 8.42 Å². The standard InChI is InChI=1S/C20H19N5O5S2/c26-18(12-25-15-5-1-2-6-16(15)30-13-19(25)27)23-8-10-24(11-9-23)32(28,29)17-7-3-4-14-20(17)22-31-21-14/h1-7H,8-13H2. The highest BCUT2D eigenvalue weighted by molar-refractivity contribution is 7.89. The molecule has 3 heterocycles. The number of hydrogen-bond donors (Lipinski definition) is 0. The van der Waals surface area contributed by atoms with Crippen molar-refractivity contribution in [1.82, 2.24) is 18.0 Å². The molecule has 12 heteroatoms. The van der Waals surface area contributed by atoms with Crippen LogP contribution in [-0.2, 0) is 19.6 Å². The van der Waals surface area contributed by atoms with E-state index in [1.807, 2.05) is 0 Å². The first-order valence-corrected chi connectivity index (χ1v) is 12.1. The van der Waals surface area contributed by atoms with Crippen molar-refractivity contribution in [3.05, 3.63) is 42.5 Å². The van der Waals surface area contributed by atoms with Gasteiger partial charge in [0.15, 0.2) is 6.61 Å². The molecule has 1 fully saturated rings. The van der Waals surface area contributed by atoms with E-state index in [1.165, 1.54) is 15.3 Å². The van der Waals surface area contributed by atoms with Crippen LogP contribution in [0.25, 0.3) is 11.0 Å². The molecule has 1 saturated heterocycles. The quantitative estimate of drug-likeness (QED) is 0.554. The van der Waals surface area contributed by atoms with E-state index in [1.54, 1.807) is 41.3 Å². The Morgan fingerprint density at radius 1 is 1.03 bits per heavy atom. The number of amides is 2. The fourth-order valence-corrected chi connectivity index (χ4v) is 6.04. The van der Waals surface area contributed by atoms with Gasteiger partial charge in [-0.2, -0.15) is 13.1 Å². The number of nitrogens with zero attached hydrogens (tertiary/aromatic N) is 5. The maximum Gasteiger partial charge on any atom is 0.265 e. The highest BCUT2D eigenvalue weighted by atomic mass is 32.2. The largest absolute Gasteiger partial charge is 0.482 e. The molecular weight excluding hydrogens is 454 g/mol. The number of ether oxygens (including phenoxy) is 1. The summed E-state index contributed by atoms with van der Waals surface area (Å²) in [5.41, 5.74) is 1.46. The lowest BCUT2D eigenvalue weighted by Crippen LogP contribution is -2.53. The Hall–Kier alpha value is -3.09. The van der Waals surface area contributed by atoms with E-state index >= 15 is 0 Å². The van der Waals surface area contributed by atoms with Gasteiger partial charge in [0, 0.05) is 26.2 Å². The summed E-state index contributed by atoms with van der Waals surface area (Å²) >= 11 is 0.969. The Kier molecular flexibility index (Phi) is 5.27. The second-order valence-corrected chi connectivity index (χ2v) is 9.84. The highest BCUT2D eigenvalue weighted by Crippen LogP contribution is 2.31. The molecule has 0 saturated carbocycles. The van der Waals surface area contributed by atoms with E-state index < -0.39 is 10.0 Å². The minimum absolute atomic E-state index is 0.115. The Morgan fingerprint density at radius 2 is 1.81 bits per heavy atom. The molecule has 2 aromatic carbocycles. The lowest BCUT2D eigenvalue weighted by atomic mass is 10.2. The summed E-state index contributed by atoms with van der Waals surface area (Å²) in [5.74, 6) is 0.0302. The molecule has 0 unspecified atom stereocenters. The number of benzene rings is 2. The third-order valence-electron chi connectivity index (χ3n) is 5.56. The lowest BCUT2D eigenvalue weighted by Gasteiger charge is -2.36. The molecule has 0 atom stereocenters. The Labute approximate surface area is 188 Å². The molecule has 0 spiro atoms. The summed E-state index contributed by atoms with van der Waals surface area (Å²) in [4.78, 5) is 28.4.